The van der Waals surface area contributed by atoms with Gasteiger partial charge in [-0.05, 0) is 62.4 Å². The van der Waals surface area contributed by atoms with Crippen LogP contribution in [-0.4, -0.2) is 17.0 Å². The number of nitrogens with one attached hydrogen (secondary N) is 1. The molecule has 3 aromatic carbocycles. The van der Waals surface area contributed by atoms with E-state index in [4.69, 9.17) is 9.47 Å². The maximum atomic E-state index is 12.5. The van der Waals surface area contributed by atoms with Crippen molar-refractivity contribution < 1.29 is 14.3 Å². The number of nitrogens with zero attached hydrogens (tertiary/aromatic N) is 1. The summed E-state index contributed by atoms with van der Waals surface area (Å²) in [7, 11) is 0. The number of benzene rings is 3. The van der Waals surface area contributed by atoms with Gasteiger partial charge in [0.1, 0.15) is 17.2 Å². The van der Waals surface area contributed by atoms with Crippen LogP contribution in [-0.2, 0) is 0 Å². The van der Waals surface area contributed by atoms with Gasteiger partial charge < -0.3 is 9.47 Å². The Hall–Kier alpha value is -3.38. The van der Waals surface area contributed by atoms with Crippen LogP contribution < -0.4 is 14.8 Å². The van der Waals surface area contributed by atoms with Crippen LogP contribution in [0.2, 0.25) is 0 Å². The van der Waals surface area contributed by atoms with Gasteiger partial charge in [-0.15, -0.1) is 0 Å². The molecule has 6 heteroatoms. The number of hydrogen-bond donors (Lipinski definition) is 1. The molecule has 0 unspecified atom stereocenters. The Kier molecular flexibility index (Phi) is 5.44. The summed E-state index contributed by atoms with van der Waals surface area (Å²) in [4.78, 5) is 17.0. The van der Waals surface area contributed by atoms with Crippen molar-refractivity contribution in [2.75, 3.05) is 5.32 Å². The smallest absolute Gasteiger partial charge is 0.257 e. The minimum absolute atomic E-state index is 0.0909. The number of fused-ring (bicyclic) bond motifs is 1. The molecule has 0 fully saturated rings. The molecule has 0 saturated heterocycles. The maximum Gasteiger partial charge on any atom is 0.257 e. The van der Waals surface area contributed by atoms with Gasteiger partial charge in [0.15, 0.2) is 5.13 Å². The predicted octanol–water partition coefficient (Wildman–Crippen LogP) is 6.13. The quantitative estimate of drug-likeness (QED) is 0.420. The lowest BCUT2D eigenvalue weighted by Crippen LogP contribution is -2.11. The Balaban J connectivity index is 1.47. The lowest BCUT2D eigenvalue weighted by atomic mass is 10.2. The topological polar surface area (TPSA) is 60.5 Å². The van der Waals surface area contributed by atoms with Gasteiger partial charge in [-0.3, -0.25) is 10.1 Å². The number of aromatic nitrogens is 1. The lowest BCUT2D eigenvalue weighted by Gasteiger charge is -2.09. The number of para-hydroxylation sites is 1. The fourth-order valence-electron chi connectivity index (χ4n) is 2.77. The van der Waals surface area contributed by atoms with E-state index in [1.165, 1.54) is 11.3 Å². The Morgan fingerprint density at radius 3 is 2.38 bits per heavy atom. The number of carbonyl (C=O) groups is 1. The van der Waals surface area contributed by atoms with Gasteiger partial charge >= 0.3 is 0 Å². The van der Waals surface area contributed by atoms with Gasteiger partial charge in [0, 0.05) is 11.6 Å². The highest BCUT2D eigenvalue weighted by Crippen LogP contribution is 2.31. The minimum atomic E-state index is -0.207. The van der Waals surface area contributed by atoms with Crippen molar-refractivity contribution in [3.8, 4) is 17.2 Å². The Morgan fingerprint density at radius 1 is 0.931 bits per heavy atom. The summed E-state index contributed by atoms with van der Waals surface area (Å²) in [5.74, 6) is 2.03. The van der Waals surface area contributed by atoms with E-state index in [0.29, 0.717) is 10.7 Å². The van der Waals surface area contributed by atoms with Gasteiger partial charge in [0.05, 0.1) is 16.3 Å². The molecule has 0 aliphatic carbocycles. The van der Waals surface area contributed by atoms with Crippen LogP contribution in [0.5, 0.6) is 17.2 Å². The zero-order valence-corrected chi connectivity index (χ0v) is 16.9. The Labute approximate surface area is 172 Å². The van der Waals surface area contributed by atoms with Gasteiger partial charge in [0.2, 0.25) is 0 Å². The summed E-state index contributed by atoms with van der Waals surface area (Å²) < 4.78 is 12.4. The number of amides is 1. The molecular weight excluding hydrogens is 384 g/mol. The van der Waals surface area contributed by atoms with Crippen LogP contribution in [0.15, 0.2) is 72.8 Å². The van der Waals surface area contributed by atoms with Crippen LogP contribution in [0.25, 0.3) is 10.2 Å². The monoisotopic (exact) mass is 404 g/mol. The van der Waals surface area contributed by atoms with Crippen molar-refractivity contribution in [1.82, 2.24) is 4.98 Å². The maximum absolute atomic E-state index is 12.5. The summed E-state index contributed by atoms with van der Waals surface area (Å²) in [6, 6.07) is 22.4. The van der Waals surface area contributed by atoms with Crippen LogP contribution in [0, 0.1) is 0 Å². The van der Waals surface area contributed by atoms with Crippen LogP contribution in [0.1, 0.15) is 24.2 Å². The standard InChI is InChI=1S/C23H20N2O3S/c1-15(2)27-18-10-8-16(9-11-18)22(26)25-23-24-20-13-12-19(14-21(20)29-23)28-17-6-4-3-5-7-17/h3-15H,1-2H3,(H,24,25,26). The number of rotatable bonds is 6. The molecule has 146 valence electrons. The second-order valence-corrected chi connectivity index (χ2v) is 7.74. The van der Waals surface area contributed by atoms with E-state index < -0.39 is 0 Å². The van der Waals surface area contributed by atoms with Crippen molar-refractivity contribution in [3.63, 3.8) is 0 Å². The van der Waals surface area contributed by atoms with E-state index in [9.17, 15) is 4.79 Å². The van der Waals surface area contributed by atoms with E-state index >= 15 is 0 Å². The highest BCUT2D eigenvalue weighted by Gasteiger charge is 2.11. The molecule has 0 radical (unpaired) electrons. The highest BCUT2D eigenvalue weighted by atomic mass is 32.1. The molecule has 0 atom stereocenters. The van der Waals surface area contributed by atoms with E-state index in [2.05, 4.69) is 10.3 Å². The molecule has 1 aromatic heterocycles. The summed E-state index contributed by atoms with van der Waals surface area (Å²) in [5, 5.41) is 3.41. The first kappa shape index (κ1) is 19.0. The molecule has 1 heterocycles. The molecular formula is C23H20N2O3S. The van der Waals surface area contributed by atoms with Crippen molar-refractivity contribution in [1.29, 1.82) is 0 Å². The van der Waals surface area contributed by atoms with Gasteiger partial charge in [-0.1, -0.05) is 29.5 Å². The number of ether oxygens (including phenoxy) is 2. The summed E-state index contributed by atoms with van der Waals surface area (Å²) in [5.41, 5.74) is 1.36. The molecule has 1 N–H and O–H groups in total. The van der Waals surface area contributed by atoms with Crippen molar-refractivity contribution in [3.05, 3.63) is 78.4 Å². The van der Waals surface area contributed by atoms with Gasteiger partial charge in [-0.2, -0.15) is 0 Å². The van der Waals surface area contributed by atoms with Gasteiger partial charge in [0.25, 0.3) is 5.91 Å². The van der Waals surface area contributed by atoms with E-state index in [-0.39, 0.29) is 12.0 Å². The largest absolute Gasteiger partial charge is 0.491 e. The summed E-state index contributed by atoms with van der Waals surface area (Å²) >= 11 is 1.41. The molecule has 0 aliphatic heterocycles. The number of hydrogen-bond acceptors (Lipinski definition) is 5. The third-order valence-corrected chi connectivity index (χ3v) is 4.98. The summed E-state index contributed by atoms with van der Waals surface area (Å²) in [6.07, 6.45) is 0.0909. The Morgan fingerprint density at radius 2 is 1.66 bits per heavy atom. The van der Waals surface area contributed by atoms with E-state index in [1.54, 1.807) is 24.3 Å². The molecule has 0 bridgehead atoms. The first-order valence-electron chi connectivity index (χ1n) is 9.28. The van der Waals surface area contributed by atoms with Crippen LogP contribution in [0.4, 0.5) is 5.13 Å². The minimum Gasteiger partial charge on any atom is -0.491 e. The number of anilines is 1. The van der Waals surface area contributed by atoms with Crippen molar-refractivity contribution in [2.24, 2.45) is 0 Å². The third-order valence-electron chi connectivity index (χ3n) is 4.05. The molecule has 0 aliphatic rings. The molecule has 0 spiro atoms. The second-order valence-electron chi connectivity index (χ2n) is 6.71. The number of thiazole rings is 1. The lowest BCUT2D eigenvalue weighted by molar-refractivity contribution is 0.102. The fourth-order valence-corrected chi connectivity index (χ4v) is 3.66. The average molecular weight is 404 g/mol. The average Bonchev–Trinajstić information content (AvgIpc) is 3.10. The van der Waals surface area contributed by atoms with E-state index in [0.717, 1.165) is 27.5 Å². The Bertz CT molecular complexity index is 1120. The van der Waals surface area contributed by atoms with E-state index in [1.807, 2.05) is 62.4 Å². The van der Waals surface area contributed by atoms with Crippen molar-refractivity contribution in [2.45, 2.75) is 20.0 Å². The first-order chi connectivity index (χ1) is 14.1. The van der Waals surface area contributed by atoms with Gasteiger partial charge in [-0.25, -0.2) is 4.98 Å². The molecule has 0 saturated carbocycles. The highest BCUT2D eigenvalue weighted by molar-refractivity contribution is 7.22. The summed E-state index contributed by atoms with van der Waals surface area (Å²) in [6.45, 7) is 3.92. The molecule has 1 amide bonds. The molecule has 4 rings (SSSR count). The second kappa shape index (κ2) is 8.32. The third kappa shape index (κ3) is 4.73. The van der Waals surface area contributed by atoms with Crippen molar-refractivity contribution >= 4 is 32.6 Å². The zero-order chi connectivity index (χ0) is 20.2. The number of carbonyl (C=O) groups excluding carboxylic acids is 1. The fraction of sp³-hybridized carbons (Fsp3) is 0.130. The molecule has 29 heavy (non-hydrogen) atoms. The van der Waals surface area contributed by atoms with Crippen LogP contribution >= 0.6 is 11.3 Å². The molecule has 5 nitrogen and oxygen atoms in total. The zero-order valence-electron chi connectivity index (χ0n) is 16.1. The van der Waals surface area contributed by atoms with Crippen LogP contribution in [0.3, 0.4) is 0 Å². The first-order valence-corrected chi connectivity index (χ1v) is 10.1. The predicted molar refractivity (Wildman–Crippen MR) is 116 cm³/mol. The normalized spacial score (nSPS) is 10.9. The SMILES string of the molecule is CC(C)Oc1ccc(C(=O)Nc2nc3ccc(Oc4ccccc4)cc3s2)cc1. The molecule has 4 aromatic rings.